The number of nitrogens with one attached hydrogen (secondary N) is 1. The lowest BCUT2D eigenvalue weighted by molar-refractivity contribution is -0.385. The molecule has 3 aromatic carbocycles. The van der Waals surface area contributed by atoms with E-state index in [-0.39, 0.29) is 32.7 Å². The molecule has 11 nitrogen and oxygen atoms in total. The molecule has 0 aromatic heterocycles. The van der Waals surface area contributed by atoms with Crippen LogP contribution in [0.25, 0.3) is 0 Å². The molecule has 0 unspecified atom stereocenters. The molecule has 0 saturated heterocycles. The van der Waals surface area contributed by atoms with Crippen molar-refractivity contribution in [2.45, 2.75) is 13.8 Å². The highest BCUT2D eigenvalue weighted by Gasteiger charge is 2.21. The number of nitro benzene ring substituents is 2. The van der Waals surface area contributed by atoms with Crippen molar-refractivity contribution in [3.05, 3.63) is 103 Å². The number of para-hydroxylation sites is 2. The predicted octanol–water partition coefficient (Wildman–Crippen LogP) is 6.12. The minimum absolute atomic E-state index is 0.00694. The zero-order chi connectivity index (χ0) is 25.8. The van der Waals surface area contributed by atoms with Crippen LogP contribution in [0.1, 0.15) is 34.6 Å². The number of nitrogens with zero attached hydrogens (tertiary/aromatic N) is 2. The fourth-order valence-corrected chi connectivity index (χ4v) is 3.07. The molecule has 0 aliphatic carbocycles. The van der Waals surface area contributed by atoms with Crippen LogP contribution in [0.5, 0.6) is 0 Å². The Hall–Kier alpha value is -4.32. The summed E-state index contributed by atoms with van der Waals surface area (Å²) in [5.41, 5.74) is -0.221. The average Bonchev–Trinajstić information content (AvgIpc) is 2.81. The maximum Gasteiger partial charge on any atom is 0.338 e. The average molecular weight is 534 g/mol. The second-order valence-electron chi connectivity index (χ2n) is 5.95. The standard InChI is InChI=1S/C13H10N2O4.C7H4BrNO4.C2H6/c16-13(17)10-7-4-8-11(15(18)19)12(10)14-9-5-2-1-3-6-9;8-6-4(7(10)11)2-1-3-5(6)9(12)13;1-2/h1-8,14H,(H,16,17);1-3H,(H,10,11);1-2H3. The Morgan fingerprint density at radius 1 is 0.765 bits per heavy atom. The van der Waals surface area contributed by atoms with E-state index >= 15 is 0 Å². The van der Waals surface area contributed by atoms with Crippen molar-refractivity contribution < 1.29 is 29.6 Å². The number of hydrogen-bond donors (Lipinski definition) is 3. The van der Waals surface area contributed by atoms with Crippen molar-refractivity contribution in [2.24, 2.45) is 0 Å². The highest BCUT2D eigenvalue weighted by Crippen LogP contribution is 2.31. The van der Waals surface area contributed by atoms with E-state index in [1.165, 1.54) is 36.4 Å². The van der Waals surface area contributed by atoms with E-state index in [0.717, 1.165) is 0 Å². The van der Waals surface area contributed by atoms with Gasteiger partial charge in [-0.15, -0.1) is 0 Å². The van der Waals surface area contributed by atoms with E-state index in [1.54, 1.807) is 30.3 Å². The Bertz CT molecular complexity index is 1120. The van der Waals surface area contributed by atoms with Gasteiger partial charge in [-0.25, -0.2) is 9.59 Å². The zero-order valence-corrected chi connectivity index (χ0v) is 19.6. The first-order chi connectivity index (χ1) is 16.1. The van der Waals surface area contributed by atoms with Gasteiger partial charge in [-0.3, -0.25) is 20.2 Å². The summed E-state index contributed by atoms with van der Waals surface area (Å²) in [7, 11) is 0. The molecular formula is C22H20BrN3O8. The molecule has 3 rings (SSSR count). The summed E-state index contributed by atoms with van der Waals surface area (Å²) in [6.07, 6.45) is 0. The van der Waals surface area contributed by atoms with E-state index in [2.05, 4.69) is 21.2 Å². The van der Waals surface area contributed by atoms with Crippen LogP contribution in [-0.2, 0) is 0 Å². The van der Waals surface area contributed by atoms with Crippen LogP contribution >= 0.6 is 15.9 Å². The van der Waals surface area contributed by atoms with Crippen molar-refractivity contribution in [3.8, 4) is 0 Å². The molecule has 0 radical (unpaired) electrons. The maximum absolute atomic E-state index is 11.1. The van der Waals surface area contributed by atoms with Crippen LogP contribution < -0.4 is 5.32 Å². The van der Waals surface area contributed by atoms with E-state index in [4.69, 9.17) is 10.2 Å². The Morgan fingerprint density at radius 3 is 1.71 bits per heavy atom. The van der Waals surface area contributed by atoms with E-state index in [9.17, 15) is 29.8 Å². The van der Waals surface area contributed by atoms with Gasteiger partial charge in [0, 0.05) is 17.8 Å². The molecule has 0 atom stereocenters. The number of carboxylic acid groups (broad SMARTS) is 2. The van der Waals surface area contributed by atoms with E-state index in [0.29, 0.717) is 5.69 Å². The fraction of sp³-hybridized carbons (Fsp3) is 0.0909. The molecule has 3 aromatic rings. The van der Waals surface area contributed by atoms with Crippen molar-refractivity contribution in [1.29, 1.82) is 0 Å². The summed E-state index contributed by atoms with van der Waals surface area (Å²) >= 11 is 2.86. The van der Waals surface area contributed by atoms with Crippen LogP contribution in [0, 0.1) is 20.2 Å². The topological polar surface area (TPSA) is 173 Å². The molecule has 0 spiro atoms. The number of rotatable bonds is 6. The van der Waals surface area contributed by atoms with Crippen LogP contribution in [0.4, 0.5) is 22.7 Å². The summed E-state index contributed by atoms with van der Waals surface area (Å²) in [5.74, 6) is -2.42. The summed E-state index contributed by atoms with van der Waals surface area (Å²) in [5, 5.41) is 41.8. The van der Waals surface area contributed by atoms with Crippen molar-refractivity contribution in [1.82, 2.24) is 0 Å². The van der Waals surface area contributed by atoms with Crippen molar-refractivity contribution >= 4 is 50.6 Å². The Balaban J connectivity index is 0.000000337. The van der Waals surface area contributed by atoms with E-state index in [1.807, 2.05) is 13.8 Å². The molecular weight excluding hydrogens is 514 g/mol. The normalized spacial score (nSPS) is 9.38. The fourth-order valence-electron chi connectivity index (χ4n) is 2.49. The highest BCUT2D eigenvalue weighted by molar-refractivity contribution is 9.10. The Morgan fingerprint density at radius 2 is 1.24 bits per heavy atom. The Labute approximate surface area is 202 Å². The number of carbonyl (C=O) groups is 2. The van der Waals surface area contributed by atoms with Crippen LogP contribution in [-0.4, -0.2) is 32.0 Å². The molecule has 0 amide bonds. The number of aromatic carboxylic acids is 2. The number of carboxylic acids is 2. The first-order valence-corrected chi connectivity index (χ1v) is 10.4. The summed E-state index contributed by atoms with van der Waals surface area (Å²) < 4.78 is -0.00694. The quantitative estimate of drug-likeness (QED) is 0.249. The number of nitro groups is 2. The summed E-state index contributed by atoms with van der Waals surface area (Å²) in [6.45, 7) is 4.00. The van der Waals surface area contributed by atoms with Crippen LogP contribution in [0.2, 0.25) is 0 Å². The molecule has 0 saturated carbocycles. The van der Waals surface area contributed by atoms with Gasteiger partial charge in [-0.2, -0.15) is 0 Å². The third-order valence-corrected chi connectivity index (χ3v) is 4.75. The molecule has 178 valence electrons. The highest BCUT2D eigenvalue weighted by atomic mass is 79.9. The Kier molecular flexibility index (Phi) is 10.8. The van der Waals surface area contributed by atoms with Crippen molar-refractivity contribution in [2.75, 3.05) is 5.32 Å². The smallest absolute Gasteiger partial charge is 0.338 e. The van der Waals surface area contributed by atoms with Crippen LogP contribution in [0.3, 0.4) is 0 Å². The summed E-state index contributed by atoms with van der Waals surface area (Å²) in [4.78, 5) is 41.8. The third kappa shape index (κ3) is 7.38. The van der Waals surface area contributed by atoms with Gasteiger partial charge < -0.3 is 15.5 Å². The monoisotopic (exact) mass is 533 g/mol. The van der Waals surface area contributed by atoms with Gasteiger partial charge in [0.05, 0.1) is 21.0 Å². The maximum atomic E-state index is 11.1. The molecule has 12 heteroatoms. The lowest BCUT2D eigenvalue weighted by Crippen LogP contribution is -2.05. The van der Waals surface area contributed by atoms with Crippen LogP contribution in [0.15, 0.2) is 71.2 Å². The first kappa shape index (κ1) is 27.7. The minimum atomic E-state index is -1.22. The molecule has 3 N–H and O–H groups in total. The van der Waals surface area contributed by atoms with Crippen molar-refractivity contribution in [3.63, 3.8) is 0 Å². The lowest BCUT2D eigenvalue weighted by Gasteiger charge is -2.09. The molecule has 0 fully saturated rings. The van der Waals surface area contributed by atoms with Gasteiger partial charge in [-0.05, 0) is 40.2 Å². The van der Waals surface area contributed by atoms with Gasteiger partial charge in [0.25, 0.3) is 11.4 Å². The zero-order valence-electron chi connectivity index (χ0n) is 18.0. The van der Waals surface area contributed by atoms with Gasteiger partial charge in [0.15, 0.2) is 0 Å². The second-order valence-corrected chi connectivity index (χ2v) is 6.75. The lowest BCUT2D eigenvalue weighted by atomic mass is 10.1. The third-order valence-electron chi connectivity index (χ3n) is 3.92. The number of halogens is 1. The number of hydrogen-bond acceptors (Lipinski definition) is 7. The molecule has 34 heavy (non-hydrogen) atoms. The molecule has 0 aliphatic rings. The van der Waals surface area contributed by atoms with Gasteiger partial charge in [0.2, 0.25) is 0 Å². The molecule has 0 aliphatic heterocycles. The molecule has 0 bridgehead atoms. The number of anilines is 2. The number of benzene rings is 3. The summed E-state index contributed by atoms with van der Waals surface area (Å²) in [6, 6.07) is 16.5. The largest absolute Gasteiger partial charge is 0.478 e. The first-order valence-electron chi connectivity index (χ1n) is 9.62. The van der Waals surface area contributed by atoms with Gasteiger partial charge >= 0.3 is 11.9 Å². The van der Waals surface area contributed by atoms with Gasteiger partial charge in [-0.1, -0.05) is 44.2 Å². The SMILES string of the molecule is CC.O=C(O)c1cccc([N+](=O)[O-])c1Br.O=C(O)c1cccc([N+](=O)[O-])c1Nc1ccccc1. The molecule has 0 heterocycles. The minimum Gasteiger partial charge on any atom is -0.478 e. The second kappa shape index (κ2) is 13.3. The predicted molar refractivity (Wildman–Crippen MR) is 129 cm³/mol. The van der Waals surface area contributed by atoms with Gasteiger partial charge in [0.1, 0.15) is 10.2 Å². The van der Waals surface area contributed by atoms with E-state index < -0.39 is 21.8 Å².